The molecule has 2 rings (SSSR count). The third-order valence-corrected chi connectivity index (χ3v) is 4.71. The second-order valence-electron chi connectivity index (χ2n) is 5.04. The number of anilines is 1. The Morgan fingerprint density at radius 3 is 2.48 bits per heavy atom. The number of nitrogens with two attached hydrogens (primary N) is 1. The molecule has 0 atom stereocenters. The molecule has 1 aromatic rings. The van der Waals surface area contributed by atoms with Crippen LogP contribution < -0.4 is 11.1 Å². The number of halogens is 1. The lowest BCUT2D eigenvalue weighted by molar-refractivity contribution is 0.0924. The third kappa shape index (κ3) is 4.87. The summed E-state index contributed by atoms with van der Waals surface area (Å²) >= 11 is 0. The van der Waals surface area contributed by atoms with E-state index < -0.39 is 10.0 Å². The number of carbonyl (C=O) groups is 1. The lowest BCUT2D eigenvalue weighted by Gasteiger charge is -2.30. The smallest absolute Gasteiger partial charge is 0.251 e. The predicted octanol–water partition coefficient (Wildman–Crippen LogP) is 0.844. The summed E-state index contributed by atoms with van der Waals surface area (Å²) in [4.78, 5) is 12.0. The highest BCUT2D eigenvalue weighted by molar-refractivity contribution is 7.88. The highest BCUT2D eigenvalue weighted by Crippen LogP contribution is 2.14. The summed E-state index contributed by atoms with van der Waals surface area (Å²) in [5, 5.41) is 2.92. The van der Waals surface area contributed by atoms with Gasteiger partial charge in [-0.15, -0.1) is 12.4 Å². The summed E-state index contributed by atoms with van der Waals surface area (Å²) in [6.07, 6.45) is 2.46. The van der Waals surface area contributed by atoms with E-state index in [0.717, 1.165) is 0 Å². The van der Waals surface area contributed by atoms with Crippen LogP contribution in [0.3, 0.4) is 0 Å². The number of rotatable bonds is 3. The standard InChI is InChI=1S/C13H19N3O3S.ClH/c1-20(18,19)16-7-5-12(6-8-16)15-13(17)10-3-2-4-11(14)9-10;/h2-4,9,12H,5-8,14H2,1H3,(H,15,17);1H. The quantitative estimate of drug-likeness (QED) is 0.802. The molecule has 8 heteroatoms. The molecular formula is C13H20ClN3O3S. The minimum Gasteiger partial charge on any atom is -0.399 e. The average molecular weight is 334 g/mol. The Morgan fingerprint density at radius 1 is 1.33 bits per heavy atom. The molecule has 21 heavy (non-hydrogen) atoms. The Balaban J connectivity index is 0.00000220. The molecule has 1 saturated heterocycles. The second-order valence-corrected chi connectivity index (χ2v) is 7.02. The molecule has 1 aliphatic rings. The van der Waals surface area contributed by atoms with Gasteiger partial charge >= 0.3 is 0 Å². The number of nitrogens with one attached hydrogen (secondary N) is 1. The number of amides is 1. The topological polar surface area (TPSA) is 92.5 Å². The van der Waals surface area contributed by atoms with Gasteiger partial charge in [0.1, 0.15) is 0 Å². The van der Waals surface area contributed by atoms with Crippen molar-refractivity contribution in [1.82, 2.24) is 9.62 Å². The largest absolute Gasteiger partial charge is 0.399 e. The van der Waals surface area contributed by atoms with E-state index in [4.69, 9.17) is 5.73 Å². The van der Waals surface area contributed by atoms with Crippen molar-refractivity contribution >= 4 is 34.0 Å². The Morgan fingerprint density at radius 2 is 1.95 bits per heavy atom. The maximum absolute atomic E-state index is 12.0. The van der Waals surface area contributed by atoms with Crippen molar-refractivity contribution in [1.29, 1.82) is 0 Å². The number of hydrogen-bond acceptors (Lipinski definition) is 4. The van der Waals surface area contributed by atoms with Crippen molar-refractivity contribution in [2.75, 3.05) is 25.1 Å². The van der Waals surface area contributed by atoms with Crippen molar-refractivity contribution in [3.05, 3.63) is 29.8 Å². The predicted molar refractivity (Wildman–Crippen MR) is 85.0 cm³/mol. The van der Waals surface area contributed by atoms with Crippen LogP contribution in [0.2, 0.25) is 0 Å². The van der Waals surface area contributed by atoms with E-state index >= 15 is 0 Å². The Bertz CT molecular complexity index is 598. The van der Waals surface area contributed by atoms with Gasteiger partial charge in [-0.05, 0) is 31.0 Å². The summed E-state index contributed by atoms with van der Waals surface area (Å²) in [7, 11) is -3.13. The fourth-order valence-electron chi connectivity index (χ4n) is 2.28. The maximum Gasteiger partial charge on any atom is 0.251 e. The van der Waals surface area contributed by atoms with Gasteiger partial charge in [-0.1, -0.05) is 6.07 Å². The summed E-state index contributed by atoms with van der Waals surface area (Å²) in [5.41, 5.74) is 6.71. The number of piperidine rings is 1. The number of nitrogen functional groups attached to an aromatic ring is 1. The minimum absolute atomic E-state index is 0. The molecule has 0 spiro atoms. The fourth-order valence-corrected chi connectivity index (χ4v) is 3.15. The molecule has 0 radical (unpaired) electrons. The van der Waals surface area contributed by atoms with Crippen LogP contribution in [0, 0.1) is 0 Å². The summed E-state index contributed by atoms with van der Waals surface area (Å²) < 4.78 is 24.2. The number of hydrogen-bond donors (Lipinski definition) is 2. The van der Waals surface area contributed by atoms with Gasteiger partial charge in [0, 0.05) is 30.4 Å². The number of sulfonamides is 1. The molecule has 1 heterocycles. The van der Waals surface area contributed by atoms with Gasteiger partial charge in [0.15, 0.2) is 0 Å². The summed E-state index contributed by atoms with van der Waals surface area (Å²) in [6, 6.07) is 6.79. The molecule has 0 unspecified atom stereocenters. The van der Waals surface area contributed by atoms with Gasteiger partial charge in [0.05, 0.1) is 6.26 Å². The zero-order valence-electron chi connectivity index (χ0n) is 11.8. The van der Waals surface area contributed by atoms with Gasteiger partial charge in [0.25, 0.3) is 5.91 Å². The molecule has 1 aromatic carbocycles. The number of carbonyl (C=O) groups excluding carboxylic acids is 1. The van der Waals surface area contributed by atoms with Crippen LogP contribution in [0.25, 0.3) is 0 Å². The normalized spacial score (nSPS) is 17.0. The minimum atomic E-state index is -3.13. The number of benzene rings is 1. The van der Waals surface area contributed by atoms with E-state index in [1.165, 1.54) is 10.6 Å². The zero-order chi connectivity index (χ0) is 14.8. The first kappa shape index (κ1) is 17.7. The monoisotopic (exact) mass is 333 g/mol. The molecule has 0 aliphatic carbocycles. The lowest BCUT2D eigenvalue weighted by Crippen LogP contribution is -2.46. The molecule has 6 nitrogen and oxygen atoms in total. The van der Waals surface area contributed by atoms with Gasteiger partial charge < -0.3 is 11.1 Å². The van der Waals surface area contributed by atoms with E-state index in [0.29, 0.717) is 37.2 Å². The molecule has 0 saturated carbocycles. The van der Waals surface area contributed by atoms with E-state index in [1.807, 2.05) is 0 Å². The van der Waals surface area contributed by atoms with Crippen LogP contribution in [0.15, 0.2) is 24.3 Å². The Hall–Kier alpha value is -1.31. The van der Waals surface area contributed by atoms with Gasteiger partial charge in [-0.3, -0.25) is 4.79 Å². The van der Waals surface area contributed by atoms with Crippen LogP contribution in [0.1, 0.15) is 23.2 Å². The van der Waals surface area contributed by atoms with Crippen molar-refractivity contribution in [3.8, 4) is 0 Å². The molecule has 1 aliphatic heterocycles. The summed E-state index contributed by atoms with van der Waals surface area (Å²) in [5.74, 6) is -0.171. The first-order chi connectivity index (χ1) is 9.36. The van der Waals surface area contributed by atoms with Crippen LogP contribution >= 0.6 is 12.4 Å². The number of nitrogens with zero attached hydrogens (tertiary/aromatic N) is 1. The van der Waals surface area contributed by atoms with E-state index in [2.05, 4.69) is 5.32 Å². The average Bonchev–Trinajstić information content (AvgIpc) is 2.38. The third-order valence-electron chi connectivity index (χ3n) is 3.41. The van der Waals surface area contributed by atoms with E-state index in [-0.39, 0.29) is 24.4 Å². The van der Waals surface area contributed by atoms with Crippen molar-refractivity contribution < 1.29 is 13.2 Å². The fraction of sp³-hybridized carbons (Fsp3) is 0.462. The molecule has 1 amide bonds. The molecule has 0 aromatic heterocycles. The molecular weight excluding hydrogens is 314 g/mol. The highest BCUT2D eigenvalue weighted by atomic mass is 35.5. The lowest BCUT2D eigenvalue weighted by atomic mass is 10.1. The molecule has 3 N–H and O–H groups in total. The van der Waals surface area contributed by atoms with E-state index in [9.17, 15) is 13.2 Å². The summed E-state index contributed by atoms with van der Waals surface area (Å²) in [6.45, 7) is 0.890. The molecule has 1 fully saturated rings. The van der Waals surface area contributed by atoms with Crippen LogP contribution in [0.5, 0.6) is 0 Å². The maximum atomic E-state index is 12.0. The molecule has 0 bridgehead atoms. The van der Waals surface area contributed by atoms with Crippen LogP contribution in [-0.4, -0.2) is 44.0 Å². The second kappa shape index (κ2) is 7.11. The molecule has 118 valence electrons. The van der Waals surface area contributed by atoms with Gasteiger partial charge in [-0.25, -0.2) is 12.7 Å². The van der Waals surface area contributed by atoms with Crippen LogP contribution in [-0.2, 0) is 10.0 Å². The van der Waals surface area contributed by atoms with Crippen molar-refractivity contribution in [2.45, 2.75) is 18.9 Å². The van der Waals surface area contributed by atoms with Crippen LogP contribution in [0.4, 0.5) is 5.69 Å². The Labute approximate surface area is 131 Å². The van der Waals surface area contributed by atoms with Gasteiger partial charge in [0.2, 0.25) is 10.0 Å². The Kier molecular flexibility index (Phi) is 6.00. The highest BCUT2D eigenvalue weighted by Gasteiger charge is 2.25. The first-order valence-electron chi connectivity index (χ1n) is 6.48. The first-order valence-corrected chi connectivity index (χ1v) is 8.32. The van der Waals surface area contributed by atoms with Crippen molar-refractivity contribution in [2.24, 2.45) is 0 Å². The SMILES string of the molecule is CS(=O)(=O)N1CCC(NC(=O)c2cccc(N)c2)CC1.Cl. The van der Waals surface area contributed by atoms with Crippen molar-refractivity contribution in [3.63, 3.8) is 0 Å². The zero-order valence-corrected chi connectivity index (χ0v) is 13.4. The van der Waals surface area contributed by atoms with E-state index in [1.54, 1.807) is 24.3 Å². The van der Waals surface area contributed by atoms with Gasteiger partial charge in [-0.2, -0.15) is 0 Å².